The van der Waals surface area contributed by atoms with E-state index in [1.165, 1.54) is 11.6 Å². The SMILES string of the molecule is COc1ccc(F)c(CCc2ccc(-c3ccc(CN(C)C)cc3)c3nncn23)c1. The lowest BCUT2D eigenvalue weighted by Crippen LogP contribution is -2.10. The molecule has 2 heterocycles. The monoisotopic (exact) mass is 404 g/mol. The molecule has 0 amide bonds. The van der Waals surface area contributed by atoms with Gasteiger partial charge in [0.25, 0.3) is 0 Å². The van der Waals surface area contributed by atoms with Crippen molar-refractivity contribution in [2.75, 3.05) is 21.2 Å². The predicted octanol–water partition coefficient (Wildman–Crippen LogP) is 4.39. The molecule has 30 heavy (non-hydrogen) atoms. The first-order valence-electron chi connectivity index (χ1n) is 9.93. The van der Waals surface area contributed by atoms with E-state index >= 15 is 0 Å². The molecule has 0 saturated carbocycles. The lowest BCUT2D eigenvalue weighted by atomic mass is 10.0. The molecular formula is C24H25FN4O. The first-order valence-corrected chi connectivity index (χ1v) is 9.93. The number of benzene rings is 2. The van der Waals surface area contributed by atoms with E-state index in [1.807, 2.05) is 4.40 Å². The average Bonchev–Trinajstić information content (AvgIpc) is 3.23. The summed E-state index contributed by atoms with van der Waals surface area (Å²) in [6.07, 6.45) is 2.95. The second-order valence-electron chi connectivity index (χ2n) is 7.65. The molecule has 0 aliphatic heterocycles. The molecule has 4 aromatic rings. The lowest BCUT2D eigenvalue weighted by Gasteiger charge is -2.12. The van der Waals surface area contributed by atoms with Gasteiger partial charge in [-0.15, -0.1) is 10.2 Å². The minimum Gasteiger partial charge on any atom is -0.497 e. The molecule has 6 heteroatoms. The molecular weight excluding hydrogens is 379 g/mol. The highest BCUT2D eigenvalue weighted by Gasteiger charge is 2.12. The van der Waals surface area contributed by atoms with E-state index in [-0.39, 0.29) is 5.82 Å². The van der Waals surface area contributed by atoms with E-state index in [9.17, 15) is 4.39 Å². The highest BCUT2D eigenvalue weighted by Crippen LogP contribution is 2.26. The van der Waals surface area contributed by atoms with Crippen molar-refractivity contribution in [3.8, 4) is 16.9 Å². The van der Waals surface area contributed by atoms with Gasteiger partial charge >= 0.3 is 0 Å². The van der Waals surface area contributed by atoms with Crippen molar-refractivity contribution in [1.82, 2.24) is 19.5 Å². The third-order valence-electron chi connectivity index (χ3n) is 5.21. The van der Waals surface area contributed by atoms with Crippen LogP contribution >= 0.6 is 0 Å². The fourth-order valence-corrected chi connectivity index (χ4v) is 3.68. The van der Waals surface area contributed by atoms with E-state index in [2.05, 4.69) is 65.6 Å². The van der Waals surface area contributed by atoms with Crippen LogP contribution in [-0.2, 0) is 19.4 Å². The molecule has 0 bridgehead atoms. The number of nitrogens with zero attached hydrogens (tertiary/aromatic N) is 4. The van der Waals surface area contributed by atoms with E-state index in [4.69, 9.17) is 4.74 Å². The van der Waals surface area contributed by atoms with Crippen LogP contribution in [0.25, 0.3) is 16.8 Å². The Hall–Kier alpha value is -3.25. The first kappa shape index (κ1) is 20.0. The van der Waals surface area contributed by atoms with E-state index < -0.39 is 0 Å². The van der Waals surface area contributed by atoms with Gasteiger partial charge in [0.05, 0.1) is 7.11 Å². The summed E-state index contributed by atoms with van der Waals surface area (Å²) in [6.45, 7) is 0.903. The van der Waals surface area contributed by atoms with Gasteiger partial charge in [-0.05, 0) is 74.0 Å². The van der Waals surface area contributed by atoms with Gasteiger partial charge in [0, 0.05) is 17.8 Å². The third kappa shape index (κ3) is 4.19. The van der Waals surface area contributed by atoms with Crippen molar-refractivity contribution < 1.29 is 9.13 Å². The third-order valence-corrected chi connectivity index (χ3v) is 5.21. The zero-order valence-electron chi connectivity index (χ0n) is 17.5. The fraction of sp³-hybridized carbons (Fsp3) is 0.250. The minimum atomic E-state index is -0.217. The van der Waals surface area contributed by atoms with Crippen molar-refractivity contribution in [1.29, 1.82) is 0 Å². The van der Waals surface area contributed by atoms with Gasteiger partial charge < -0.3 is 9.64 Å². The molecule has 2 aromatic carbocycles. The Bertz CT molecular complexity index is 1150. The van der Waals surface area contributed by atoms with Crippen LogP contribution < -0.4 is 4.74 Å². The summed E-state index contributed by atoms with van der Waals surface area (Å²) in [4.78, 5) is 2.14. The maximum absolute atomic E-state index is 14.2. The summed E-state index contributed by atoms with van der Waals surface area (Å²) in [7, 11) is 5.71. The minimum absolute atomic E-state index is 0.217. The largest absolute Gasteiger partial charge is 0.497 e. The number of fused-ring (bicyclic) bond motifs is 1. The molecule has 0 unspecified atom stereocenters. The van der Waals surface area contributed by atoms with Gasteiger partial charge in [-0.25, -0.2) is 4.39 Å². The summed E-state index contributed by atoms with van der Waals surface area (Å²) in [5, 5.41) is 8.45. The molecule has 0 aliphatic rings. The molecule has 0 spiro atoms. The molecule has 0 N–H and O–H groups in total. The molecule has 4 rings (SSSR count). The maximum Gasteiger partial charge on any atom is 0.168 e. The zero-order chi connectivity index (χ0) is 21.1. The van der Waals surface area contributed by atoms with Crippen LogP contribution in [0.15, 0.2) is 60.9 Å². The van der Waals surface area contributed by atoms with E-state index in [0.717, 1.165) is 29.0 Å². The number of ether oxygens (including phenoxy) is 1. The van der Waals surface area contributed by atoms with Crippen molar-refractivity contribution in [2.24, 2.45) is 0 Å². The van der Waals surface area contributed by atoms with Crippen LogP contribution in [-0.4, -0.2) is 40.7 Å². The standard InChI is InChI=1S/C24H25FN4O/c1-28(2)15-17-4-6-18(7-5-17)22-12-10-20(29-16-26-27-24(22)29)9-8-19-14-21(30-3)11-13-23(19)25/h4-7,10-14,16H,8-9,15H2,1-3H3. The fourth-order valence-electron chi connectivity index (χ4n) is 3.68. The number of halogens is 1. The van der Waals surface area contributed by atoms with Crippen LogP contribution in [0.2, 0.25) is 0 Å². The second-order valence-corrected chi connectivity index (χ2v) is 7.65. The van der Waals surface area contributed by atoms with Gasteiger partial charge in [-0.1, -0.05) is 24.3 Å². The zero-order valence-corrected chi connectivity index (χ0v) is 17.5. The molecule has 0 radical (unpaired) electrons. The van der Waals surface area contributed by atoms with E-state index in [0.29, 0.717) is 24.2 Å². The van der Waals surface area contributed by atoms with Crippen LogP contribution in [0.4, 0.5) is 4.39 Å². The van der Waals surface area contributed by atoms with Crippen LogP contribution in [0.3, 0.4) is 0 Å². The second kappa shape index (κ2) is 8.63. The molecule has 2 aromatic heterocycles. The van der Waals surface area contributed by atoms with Crippen molar-refractivity contribution in [3.63, 3.8) is 0 Å². The van der Waals surface area contributed by atoms with Gasteiger partial charge in [0.15, 0.2) is 5.65 Å². The highest BCUT2D eigenvalue weighted by molar-refractivity contribution is 5.77. The number of aryl methyl sites for hydroxylation is 2. The van der Waals surface area contributed by atoms with Crippen LogP contribution in [0.5, 0.6) is 5.75 Å². The highest BCUT2D eigenvalue weighted by atomic mass is 19.1. The summed E-state index contributed by atoms with van der Waals surface area (Å²) >= 11 is 0. The summed E-state index contributed by atoms with van der Waals surface area (Å²) < 4.78 is 21.4. The topological polar surface area (TPSA) is 42.7 Å². The Balaban J connectivity index is 1.60. The Morgan fingerprint density at radius 3 is 2.53 bits per heavy atom. The molecule has 0 fully saturated rings. The molecule has 0 aliphatic carbocycles. The number of rotatable bonds is 7. The van der Waals surface area contributed by atoms with Crippen molar-refractivity contribution >= 4 is 5.65 Å². The van der Waals surface area contributed by atoms with E-state index in [1.54, 1.807) is 25.6 Å². The van der Waals surface area contributed by atoms with Gasteiger partial charge in [0.1, 0.15) is 17.9 Å². The number of hydrogen-bond donors (Lipinski definition) is 0. The number of aromatic nitrogens is 3. The number of methoxy groups -OCH3 is 1. The van der Waals surface area contributed by atoms with Gasteiger partial charge in [0.2, 0.25) is 0 Å². The maximum atomic E-state index is 14.2. The van der Waals surface area contributed by atoms with Gasteiger partial charge in [-0.3, -0.25) is 4.40 Å². The predicted molar refractivity (Wildman–Crippen MR) is 116 cm³/mol. The Labute approximate surface area is 175 Å². The Morgan fingerprint density at radius 2 is 1.80 bits per heavy atom. The van der Waals surface area contributed by atoms with Gasteiger partial charge in [-0.2, -0.15) is 0 Å². The van der Waals surface area contributed by atoms with Crippen LogP contribution in [0.1, 0.15) is 16.8 Å². The van der Waals surface area contributed by atoms with Crippen molar-refractivity contribution in [3.05, 3.63) is 83.6 Å². The van der Waals surface area contributed by atoms with Crippen molar-refractivity contribution in [2.45, 2.75) is 19.4 Å². The summed E-state index contributed by atoms with van der Waals surface area (Å²) in [5.41, 5.74) is 5.86. The first-order chi connectivity index (χ1) is 14.5. The van der Waals surface area contributed by atoms with Crippen LogP contribution in [0, 0.1) is 5.82 Å². The molecule has 5 nitrogen and oxygen atoms in total. The number of hydrogen-bond acceptors (Lipinski definition) is 4. The number of pyridine rings is 1. The molecule has 154 valence electrons. The Kier molecular flexibility index (Phi) is 5.77. The molecule has 0 saturated heterocycles. The summed E-state index contributed by atoms with van der Waals surface area (Å²) in [6, 6.07) is 17.5. The average molecular weight is 404 g/mol. The summed E-state index contributed by atoms with van der Waals surface area (Å²) in [5.74, 6) is 0.444. The quantitative estimate of drug-likeness (QED) is 0.458. The smallest absolute Gasteiger partial charge is 0.168 e. The normalized spacial score (nSPS) is 11.4. The Morgan fingerprint density at radius 1 is 1.00 bits per heavy atom. The lowest BCUT2D eigenvalue weighted by molar-refractivity contribution is 0.402. The molecule has 0 atom stereocenters.